The number of aromatic nitrogens is 1. The third-order valence-electron chi connectivity index (χ3n) is 2.73. The van der Waals surface area contributed by atoms with E-state index in [1.807, 2.05) is 12.4 Å². The normalized spacial score (nSPS) is 17.5. The van der Waals surface area contributed by atoms with Crippen LogP contribution in [0.25, 0.3) is 0 Å². The molecule has 0 aliphatic carbocycles. The molecule has 0 unspecified atom stereocenters. The van der Waals surface area contributed by atoms with Crippen molar-refractivity contribution in [3.8, 4) is 0 Å². The number of nitrogens with one attached hydrogen (secondary N) is 1. The Balaban J connectivity index is 2.31. The van der Waals surface area contributed by atoms with E-state index in [1.165, 1.54) is 11.1 Å². The number of hydrogen-bond donors (Lipinski definition) is 1. The van der Waals surface area contributed by atoms with E-state index in [4.69, 9.17) is 0 Å². The van der Waals surface area contributed by atoms with Gasteiger partial charge in [-0.15, -0.1) is 0 Å². The van der Waals surface area contributed by atoms with Gasteiger partial charge in [-0.3, -0.25) is 4.98 Å². The van der Waals surface area contributed by atoms with Gasteiger partial charge in [0.25, 0.3) is 0 Å². The van der Waals surface area contributed by atoms with Crippen LogP contribution >= 0.6 is 0 Å². The van der Waals surface area contributed by atoms with Crippen LogP contribution in [0.5, 0.6) is 0 Å². The van der Waals surface area contributed by atoms with Gasteiger partial charge >= 0.3 is 0 Å². The average molecular weight is 176 g/mol. The molecule has 1 N–H and O–H groups in total. The molecule has 0 spiro atoms. The molecule has 0 bridgehead atoms. The molecule has 13 heavy (non-hydrogen) atoms. The van der Waals surface area contributed by atoms with Gasteiger partial charge in [0.05, 0.1) is 0 Å². The molecule has 70 valence electrons. The number of hydrogen-bond acceptors (Lipinski definition) is 2. The molecule has 1 saturated heterocycles. The fourth-order valence-corrected chi connectivity index (χ4v) is 1.79. The molecule has 1 aliphatic rings. The standard InChI is InChI=1S/C11H16N2/c1-8(2)10-3-4-12-7-11(10)9-5-13-6-9/h3-4,7-9,13H,5-6H2,1-2H3. The van der Waals surface area contributed by atoms with Crippen molar-refractivity contribution < 1.29 is 0 Å². The molecule has 1 aromatic rings. The summed E-state index contributed by atoms with van der Waals surface area (Å²) in [6, 6.07) is 2.15. The van der Waals surface area contributed by atoms with E-state index >= 15 is 0 Å². The molecular weight excluding hydrogens is 160 g/mol. The zero-order valence-electron chi connectivity index (χ0n) is 8.25. The van der Waals surface area contributed by atoms with E-state index in [0.717, 1.165) is 13.1 Å². The van der Waals surface area contributed by atoms with Crippen LogP contribution in [0.2, 0.25) is 0 Å². The van der Waals surface area contributed by atoms with Crippen molar-refractivity contribution in [1.29, 1.82) is 0 Å². The molecule has 2 nitrogen and oxygen atoms in total. The van der Waals surface area contributed by atoms with Crippen LogP contribution < -0.4 is 5.32 Å². The highest BCUT2D eigenvalue weighted by Crippen LogP contribution is 2.27. The van der Waals surface area contributed by atoms with Crippen LogP contribution in [0.4, 0.5) is 0 Å². The Morgan fingerprint density at radius 3 is 2.77 bits per heavy atom. The fourth-order valence-electron chi connectivity index (χ4n) is 1.79. The smallest absolute Gasteiger partial charge is 0.0306 e. The van der Waals surface area contributed by atoms with Gasteiger partial charge in [-0.1, -0.05) is 13.8 Å². The maximum Gasteiger partial charge on any atom is 0.0306 e. The molecular formula is C11H16N2. The molecule has 0 saturated carbocycles. The predicted octanol–water partition coefficient (Wildman–Crippen LogP) is 1.89. The lowest BCUT2D eigenvalue weighted by Gasteiger charge is -2.29. The zero-order chi connectivity index (χ0) is 9.26. The van der Waals surface area contributed by atoms with Gasteiger partial charge in [-0.2, -0.15) is 0 Å². The SMILES string of the molecule is CC(C)c1ccncc1C1CNC1. The lowest BCUT2D eigenvalue weighted by molar-refractivity contribution is 0.443. The summed E-state index contributed by atoms with van der Waals surface area (Å²) in [6.07, 6.45) is 3.92. The first-order valence-electron chi connectivity index (χ1n) is 4.93. The highest BCUT2D eigenvalue weighted by Gasteiger charge is 2.22. The molecule has 0 aromatic carbocycles. The van der Waals surface area contributed by atoms with Crippen molar-refractivity contribution in [2.45, 2.75) is 25.7 Å². The van der Waals surface area contributed by atoms with Gasteiger partial charge < -0.3 is 5.32 Å². The fraction of sp³-hybridized carbons (Fsp3) is 0.545. The third-order valence-corrected chi connectivity index (χ3v) is 2.73. The third kappa shape index (κ3) is 1.59. The molecule has 0 atom stereocenters. The van der Waals surface area contributed by atoms with E-state index in [1.54, 1.807) is 0 Å². The number of rotatable bonds is 2. The minimum Gasteiger partial charge on any atom is -0.315 e. The second kappa shape index (κ2) is 3.46. The lowest BCUT2D eigenvalue weighted by Crippen LogP contribution is -2.40. The van der Waals surface area contributed by atoms with E-state index in [2.05, 4.69) is 30.2 Å². The summed E-state index contributed by atoms with van der Waals surface area (Å²) in [7, 11) is 0. The first kappa shape index (κ1) is 8.70. The molecule has 1 fully saturated rings. The molecule has 0 radical (unpaired) electrons. The summed E-state index contributed by atoms with van der Waals surface area (Å²) < 4.78 is 0. The van der Waals surface area contributed by atoms with Crippen LogP contribution in [0.1, 0.15) is 36.8 Å². The second-order valence-electron chi connectivity index (χ2n) is 4.01. The summed E-state index contributed by atoms with van der Waals surface area (Å²) >= 11 is 0. The predicted molar refractivity (Wildman–Crippen MR) is 53.9 cm³/mol. The Kier molecular flexibility index (Phi) is 2.32. The molecule has 0 amide bonds. The van der Waals surface area contributed by atoms with Crippen molar-refractivity contribution in [2.24, 2.45) is 0 Å². The Morgan fingerprint density at radius 2 is 2.23 bits per heavy atom. The summed E-state index contributed by atoms with van der Waals surface area (Å²) in [5.74, 6) is 1.31. The highest BCUT2D eigenvalue weighted by molar-refractivity contribution is 5.31. The number of pyridine rings is 1. The van der Waals surface area contributed by atoms with E-state index in [-0.39, 0.29) is 0 Å². The van der Waals surface area contributed by atoms with Crippen LogP contribution in [-0.2, 0) is 0 Å². The van der Waals surface area contributed by atoms with Crippen LogP contribution in [-0.4, -0.2) is 18.1 Å². The van der Waals surface area contributed by atoms with Crippen LogP contribution in [0, 0.1) is 0 Å². The molecule has 2 rings (SSSR count). The van der Waals surface area contributed by atoms with Crippen LogP contribution in [0.15, 0.2) is 18.5 Å². The van der Waals surface area contributed by atoms with Crippen LogP contribution in [0.3, 0.4) is 0 Å². The maximum absolute atomic E-state index is 4.20. The van der Waals surface area contributed by atoms with Crippen molar-refractivity contribution in [2.75, 3.05) is 13.1 Å². The van der Waals surface area contributed by atoms with Crippen molar-refractivity contribution in [1.82, 2.24) is 10.3 Å². The van der Waals surface area contributed by atoms with Gasteiger partial charge in [-0.25, -0.2) is 0 Å². The summed E-state index contributed by atoms with van der Waals surface area (Å²) in [5, 5.41) is 3.30. The largest absolute Gasteiger partial charge is 0.315 e. The minimum absolute atomic E-state index is 0.610. The first-order chi connectivity index (χ1) is 6.29. The second-order valence-corrected chi connectivity index (χ2v) is 4.01. The Bertz CT molecular complexity index is 290. The number of nitrogens with zero attached hydrogens (tertiary/aromatic N) is 1. The minimum atomic E-state index is 0.610. The van der Waals surface area contributed by atoms with Gasteiger partial charge in [0.1, 0.15) is 0 Å². The molecule has 2 heterocycles. The summed E-state index contributed by atoms with van der Waals surface area (Å²) in [4.78, 5) is 4.20. The topological polar surface area (TPSA) is 24.9 Å². The van der Waals surface area contributed by atoms with E-state index in [9.17, 15) is 0 Å². The summed E-state index contributed by atoms with van der Waals surface area (Å²) in [6.45, 7) is 6.71. The Morgan fingerprint density at radius 1 is 1.46 bits per heavy atom. The van der Waals surface area contributed by atoms with Crippen molar-refractivity contribution in [3.05, 3.63) is 29.6 Å². The Labute approximate surface area is 79.4 Å². The average Bonchev–Trinajstić information content (AvgIpc) is 2.02. The van der Waals surface area contributed by atoms with Crippen molar-refractivity contribution in [3.63, 3.8) is 0 Å². The van der Waals surface area contributed by atoms with Gasteiger partial charge in [0.15, 0.2) is 0 Å². The maximum atomic E-state index is 4.20. The van der Waals surface area contributed by atoms with Gasteiger partial charge in [-0.05, 0) is 23.1 Å². The first-order valence-corrected chi connectivity index (χ1v) is 4.93. The monoisotopic (exact) mass is 176 g/mol. The highest BCUT2D eigenvalue weighted by atomic mass is 14.9. The van der Waals surface area contributed by atoms with Gasteiger partial charge in [0, 0.05) is 31.4 Å². The van der Waals surface area contributed by atoms with E-state index < -0.39 is 0 Å². The molecule has 2 heteroatoms. The zero-order valence-corrected chi connectivity index (χ0v) is 8.25. The Hall–Kier alpha value is -0.890. The van der Waals surface area contributed by atoms with E-state index in [0.29, 0.717) is 11.8 Å². The lowest BCUT2D eigenvalue weighted by atomic mass is 9.87. The molecule has 1 aromatic heterocycles. The van der Waals surface area contributed by atoms with Crippen molar-refractivity contribution >= 4 is 0 Å². The summed E-state index contributed by atoms with van der Waals surface area (Å²) in [5.41, 5.74) is 2.90. The molecule has 1 aliphatic heterocycles. The van der Waals surface area contributed by atoms with Gasteiger partial charge in [0.2, 0.25) is 0 Å². The quantitative estimate of drug-likeness (QED) is 0.744.